The van der Waals surface area contributed by atoms with Crippen molar-refractivity contribution in [2.24, 2.45) is 5.92 Å². The fourth-order valence-electron chi connectivity index (χ4n) is 5.14. The van der Waals surface area contributed by atoms with Gasteiger partial charge < -0.3 is 24.3 Å². The fourth-order valence-corrected chi connectivity index (χ4v) is 5.14. The third-order valence-electron chi connectivity index (χ3n) is 7.51. The summed E-state index contributed by atoms with van der Waals surface area (Å²) >= 11 is 0. The zero-order valence-electron chi connectivity index (χ0n) is 27.4. The van der Waals surface area contributed by atoms with Crippen LogP contribution in [0.1, 0.15) is 56.7 Å². The van der Waals surface area contributed by atoms with Gasteiger partial charge in [0.05, 0.1) is 0 Å². The van der Waals surface area contributed by atoms with E-state index in [0.717, 1.165) is 27.9 Å². The van der Waals surface area contributed by atoms with E-state index in [4.69, 9.17) is 9.47 Å². The molecule has 1 aromatic heterocycles. The predicted octanol–water partition coefficient (Wildman–Crippen LogP) is 5.65. The van der Waals surface area contributed by atoms with Crippen molar-refractivity contribution < 1.29 is 38.9 Å². The standard InChI is InChI=1S/C34H38N6O9/c1-4-5-13-30(41)38(31(23(2)3)33(42)43)19-24-14-16-27(17-15-24)28-11-6-7-12-29(28)32-35-37-39(36-32)22-48-34(44)47-20-25-9-8-10-26(18-25)21-49-40(45)46/h6-12,14-18,23,31H,4-5,13,19-22H2,1-3H3,(H,42,43)/t31-/m1/s1. The molecule has 0 aliphatic carbocycles. The molecule has 1 amide bonds. The molecule has 0 radical (unpaired) electrons. The van der Waals surface area contributed by atoms with Gasteiger partial charge in [-0.05, 0) is 45.4 Å². The van der Waals surface area contributed by atoms with Crippen molar-refractivity contribution in [1.29, 1.82) is 0 Å². The fraction of sp³-hybridized carbons (Fsp3) is 0.353. The summed E-state index contributed by atoms with van der Waals surface area (Å²) < 4.78 is 10.2. The average molecular weight is 675 g/mol. The summed E-state index contributed by atoms with van der Waals surface area (Å²) in [4.78, 5) is 54.7. The molecule has 0 saturated heterocycles. The molecule has 258 valence electrons. The number of carboxylic acids is 1. The second-order valence-corrected chi connectivity index (χ2v) is 11.5. The Labute approximate surface area is 282 Å². The van der Waals surface area contributed by atoms with Crippen molar-refractivity contribution in [2.75, 3.05) is 0 Å². The van der Waals surface area contributed by atoms with Crippen LogP contribution in [-0.2, 0) is 50.4 Å². The van der Waals surface area contributed by atoms with E-state index in [1.807, 2.05) is 55.5 Å². The Hall–Kier alpha value is -5.86. The van der Waals surface area contributed by atoms with Crippen LogP contribution in [0.3, 0.4) is 0 Å². The summed E-state index contributed by atoms with van der Waals surface area (Å²) in [5.74, 6) is -1.18. The molecular weight excluding hydrogens is 636 g/mol. The number of carboxylic acid groups (broad SMARTS) is 1. The first kappa shape index (κ1) is 36.0. The monoisotopic (exact) mass is 674 g/mol. The summed E-state index contributed by atoms with van der Waals surface area (Å²) in [6.45, 7) is 5.03. The second-order valence-electron chi connectivity index (χ2n) is 11.5. The van der Waals surface area contributed by atoms with Gasteiger partial charge in [-0.15, -0.1) is 25.1 Å². The van der Waals surface area contributed by atoms with Crippen LogP contribution >= 0.6 is 0 Å². The number of carbonyl (C=O) groups is 3. The van der Waals surface area contributed by atoms with Gasteiger partial charge in [0.15, 0.2) is 0 Å². The quantitative estimate of drug-likeness (QED) is 0.0824. The summed E-state index contributed by atoms with van der Waals surface area (Å²) in [6.07, 6.45) is 0.838. The van der Waals surface area contributed by atoms with Crippen molar-refractivity contribution in [1.82, 2.24) is 25.1 Å². The number of amides is 1. The lowest BCUT2D eigenvalue weighted by atomic mass is 9.97. The molecule has 4 aromatic rings. The summed E-state index contributed by atoms with van der Waals surface area (Å²) in [5, 5.41) is 31.9. The third-order valence-corrected chi connectivity index (χ3v) is 7.51. The maximum atomic E-state index is 13.1. The van der Waals surface area contributed by atoms with Gasteiger partial charge in [-0.3, -0.25) is 4.79 Å². The smallest absolute Gasteiger partial charge is 0.480 e. The summed E-state index contributed by atoms with van der Waals surface area (Å²) in [6, 6.07) is 20.6. The number of hydrogen-bond donors (Lipinski definition) is 1. The summed E-state index contributed by atoms with van der Waals surface area (Å²) in [5.41, 5.74) is 4.24. The van der Waals surface area contributed by atoms with E-state index < -0.39 is 23.3 Å². The number of tetrazole rings is 1. The molecule has 0 aliphatic heterocycles. The zero-order chi connectivity index (χ0) is 35.3. The molecule has 49 heavy (non-hydrogen) atoms. The number of unbranched alkanes of at least 4 members (excludes halogenated alkanes) is 1. The maximum absolute atomic E-state index is 13.1. The Morgan fingerprint density at radius 2 is 1.63 bits per heavy atom. The number of nitrogens with zero attached hydrogens (tertiary/aromatic N) is 6. The number of ether oxygens (including phenoxy) is 2. The van der Waals surface area contributed by atoms with E-state index in [9.17, 15) is 29.6 Å². The molecule has 0 bridgehead atoms. The van der Waals surface area contributed by atoms with Crippen LogP contribution in [0.25, 0.3) is 22.5 Å². The molecule has 1 N–H and O–H groups in total. The highest BCUT2D eigenvalue weighted by molar-refractivity contribution is 5.84. The van der Waals surface area contributed by atoms with E-state index in [2.05, 4.69) is 20.2 Å². The van der Waals surface area contributed by atoms with Gasteiger partial charge in [-0.25, -0.2) is 9.59 Å². The highest BCUT2D eigenvalue weighted by Gasteiger charge is 2.32. The van der Waals surface area contributed by atoms with Crippen LogP contribution in [0.15, 0.2) is 72.8 Å². The third kappa shape index (κ3) is 10.3. The highest BCUT2D eigenvalue weighted by atomic mass is 16.9. The van der Waals surface area contributed by atoms with Crippen molar-refractivity contribution in [3.05, 3.63) is 99.6 Å². The molecule has 0 unspecified atom stereocenters. The maximum Gasteiger partial charge on any atom is 0.510 e. The SMILES string of the molecule is CCCCC(=O)N(Cc1ccc(-c2ccccc2-c2nnn(COC(=O)OCc3cccc(CO[N+](=O)[O-])c3)n2)cc1)[C@@H](C(=O)O)C(C)C. The van der Waals surface area contributed by atoms with Crippen molar-refractivity contribution in [3.63, 3.8) is 0 Å². The molecular formula is C34H38N6O9. The van der Waals surface area contributed by atoms with E-state index >= 15 is 0 Å². The minimum atomic E-state index is -1.03. The van der Waals surface area contributed by atoms with Gasteiger partial charge in [0.2, 0.25) is 18.5 Å². The van der Waals surface area contributed by atoms with Gasteiger partial charge in [-0.2, -0.15) is 0 Å². The number of rotatable bonds is 17. The van der Waals surface area contributed by atoms with Gasteiger partial charge in [0.25, 0.3) is 5.09 Å². The van der Waals surface area contributed by atoms with Crippen LogP contribution in [0.4, 0.5) is 4.79 Å². The minimum absolute atomic E-state index is 0.127. The number of aromatic nitrogens is 4. The lowest BCUT2D eigenvalue weighted by molar-refractivity contribution is -0.763. The van der Waals surface area contributed by atoms with Crippen LogP contribution < -0.4 is 0 Å². The van der Waals surface area contributed by atoms with Gasteiger partial charge in [-0.1, -0.05) is 100.0 Å². The van der Waals surface area contributed by atoms with Crippen LogP contribution in [0, 0.1) is 16.0 Å². The molecule has 0 saturated carbocycles. The van der Waals surface area contributed by atoms with E-state index in [-0.39, 0.29) is 38.3 Å². The molecule has 15 heteroatoms. The minimum Gasteiger partial charge on any atom is -0.480 e. The lowest BCUT2D eigenvalue weighted by Crippen LogP contribution is -2.47. The highest BCUT2D eigenvalue weighted by Crippen LogP contribution is 2.30. The van der Waals surface area contributed by atoms with Crippen LogP contribution in [-0.4, -0.2) is 59.4 Å². The van der Waals surface area contributed by atoms with Crippen LogP contribution in [0.5, 0.6) is 0 Å². The van der Waals surface area contributed by atoms with Crippen molar-refractivity contribution in [3.8, 4) is 22.5 Å². The predicted molar refractivity (Wildman–Crippen MR) is 175 cm³/mol. The number of aliphatic carboxylic acids is 1. The Morgan fingerprint density at radius 1 is 0.939 bits per heavy atom. The molecule has 0 spiro atoms. The van der Waals surface area contributed by atoms with Crippen molar-refractivity contribution >= 4 is 18.0 Å². The molecule has 1 atom stereocenters. The van der Waals surface area contributed by atoms with Gasteiger partial charge in [0, 0.05) is 18.5 Å². The largest absolute Gasteiger partial charge is 0.510 e. The molecule has 0 aliphatic rings. The Morgan fingerprint density at radius 3 is 2.29 bits per heavy atom. The molecule has 3 aromatic carbocycles. The first-order valence-corrected chi connectivity index (χ1v) is 15.7. The Kier molecular flexibility index (Phi) is 12.7. The van der Waals surface area contributed by atoms with Crippen molar-refractivity contribution in [2.45, 2.75) is 72.6 Å². The van der Waals surface area contributed by atoms with E-state index in [1.165, 1.54) is 4.90 Å². The molecule has 15 nitrogen and oxygen atoms in total. The number of hydrogen-bond acceptors (Lipinski definition) is 11. The Balaban J connectivity index is 1.40. The van der Waals surface area contributed by atoms with E-state index in [0.29, 0.717) is 35.4 Å². The van der Waals surface area contributed by atoms with Gasteiger partial charge in [0.1, 0.15) is 19.3 Å². The molecule has 1 heterocycles. The van der Waals surface area contributed by atoms with Crippen LogP contribution in [0.2, 0.25) is 0 Å². The first-order valence-electron chi connectivity index (χ1n) is 15.7. The molecule has 0 fully saturated rings. The zero-order valence-corrected chi connectivity index (χ0v) is 27.4. The Bertz CT molecular complexity index is 1740. The lowest BCUT2D eigenvalue weighted by Gasteiger charge is -2.32. The number of carbonyl (C=O) groups excluding carboxylic acids is 2. The number of benzene rings is 3. The summed E-state index contributed by atoms with van der Waals surface area (Å²) in [7, 11) is 0. The second kappa shape index (κ2) is 17.3. The van der Waals surface area contributed by atoms with Gasteiger partial charge >= 0.3 is 12.1 Å². The van der Waals surface area contributed by atoms with E-state index in [1.54, 1.807) is 38.1 Å². The topological polar surface area (TPSA) is 189 Å². The normalized spacial score (nSPS) is 11.5. The molecule has 4 rings (SSSR count). The first-order chi connectivity index (χ1) is 23.5. The average Bonchev–Trinajstić information content (AvgIpc) is 3.57.